The first kappa shape index (κ1) is 17.7. The molecule has 2 saturated heterocycles. The number of carbonyl (C=O) groups excluding carboxylic acids is 1. The average molecular weight is 393 g/mol. The lowest BCUT2D eigenvalue weighted by Gasteiger charge is -2.22. The fourth-order valence-electron chi connectivity index (χ4n) is 4.24. The number of nitrogens with one attached hydrogen (secondary N) is 1. The lowest BCUT2D eigenvalue weighted by Crippen LogP contribution is -2.36. The van der Waals surface area contributed by atoms with Gasteiger partial charge in [0.15, 0.2) is 5.65 Å². The first-order chi connectivity index (χ1) is 14.2. The smallest absolute Gasteiger partial charge is 0.321 e. The summed E-state index contributed by atoms with van der Waals surface area (Å²) in [5.74, 6) is 2.65. The molecule has 2 aliphatic heterocycles. The Balaban J connectivity index is 1.18. The van der Waals surface area contributed by atoms with Crippen molar-refractivity contribution in [1.82, 2.24) is 24.7 Å². The fourth-order valence-corrected chi connectivity index (χ4v) is 4.24. The van der Waals surface area contributed by atoms with Gasteiger partial charge in [0, 0.05) is 43.7 Å². The van der Waals surface area contributed by atoms with E-state index < -0.39 is 0 Å². The number of likely N-dealkylation sites (tertiary alicyclic amines) is 1. The number of fused-ring (bicyclic) bond motifs is 2. The van der Waals surface area contributed by atoms with Crippen LogP contribution in [0.4, 0.5) is 16.3 Å². The van der Waals surface area contributed by atoms with Gasteiger partial charge in [0.2, 0.25) is 0 Å². The lowest BCUT2D eigenvalue weighted by molar-refractivity contribution is 0.219. The fraction of sp³-hybridized carbons (Fsp3) is 0.400. The standard InChI is InChI=1S/C20H23N7O2/c1-2-29-17-5-3-16(4-6-17)22-20(28)26-11-14-9-25(10-15(14)12-26)19-8-7-18-23-21-13-27(18)24-19/h3-8,13-15H,2,9-12H2,1H3,(H,22,28). The molecule has 0 spiro atoms. The van der Waals surface area contributed by atoms with Crippen LogP contribution in [0.1, 0.15) is 6.92 Å². The third-order valence-electron chi connectivity index (χ3n) is 5.66. The number of hydrogen-bond acceptors (Lipinski definition) is 6. The van der Waals surface area contributed by atoms with Crippen LogP contribution in [0, 0.1) is 11.8 Å². The highest BCUT2D eigenvalue weighted by Crippen LogP contribution is 2.33. The number of benzene rings is 1. The van der Waals surface area contributed by atoms with Gasteiger partial charge >= 0.3 is 6.03 Å². The molecule has 0 saturated carbocycles. The lowest BCUT2D eigenvalue weighted by atomic mass is 10.0. The molecule has 2 amide bonds. The molecule has 2 aliphatic rings. The molecule has 3 aromatic rings. The highest BCUT2D eigenvalue weighted by Gasteiger charge is 2.42. The van der Waals surface area contributed by atoms with Crippen molar-refractivity contribution in [2.75, 3.05) is 43.0 Å². The molecule has 1 N–H and O–H groups in total. The molecule has 0 radical (unpaired) electrons. The van der Waals surface area contributed by atoms with E-state index in [1.807, 2.05) is 48.2 Å². The highest BCUT2D eigenvalue weighted by molar-refractivity contribution is 5.89. The van der Waals surface area contributed by atoms with Gasteiger partial charge in [-0.2, -0.15) is 4.52 Å². The summed E-state index contributed by atoms with van der Waals surface area (Å²) in [6.07, 6.45) is 1.61. The Morgan fingerprint density at radius 2 is 1.86 bits per heavy atom. The molecule has 150 valence electrons. The highest BCUT2D eigenvalue weighted by atomic mass is 16.5. The molecule has 5 rings (SSSR count). The summed E-state index contributed by atoms with van der Waals surface area (Å²) in [5, 5.41) is 15.5. The van der Waals surface area contributed by atoms with E-state index in [9.17, 15) is 4.79 Å². The Morgan fingerprint density at radius 1 is 1.10 bits per heavy atom. The van der Waals surface area contributed by atoms with Crippen molar-refractivity contribution in [2.45, 2.75) is 6.92 Å². The molecule has 2 atom stereocenters. The molecule has 2 unspecified atom stereocenters. The average Bonchev–Trinajstić information content (AvgIpc) is 3.43. The van der Waals surface area contributed by atoms with Crippen molar-refractivity contribution < 1.29 is 9.53 Å². The number of aromatic nitrogens is 4. The van der Waals surface area contributed by atoms with E-state index in [-0.39, 0.29) is 6.03 Å². The third-order valence-corrected chi connectivity index (χ3v) is 5.66. The van der Waals surface area contributed by atoms with Crippen molar-refractivity contribution in [1.29, 1.82) is 0 Å². The molecule has 9 heteroatoms. The Bertz CT molecular complexity index is 1010. The van der Waals surface area contributed by atoms with Crippen LogP contribution in [0.5, 0.6) is 5.75 Å². The second kappa shape index (κ2) is 7.23. The van der Waals surface area contributed by atoms with Crippen LogP contribution in [-0.2, 0) is 0 Å². The van der Waals surface area contributed by atoms with E-state index in [0.717, 1.165) is 49.1 Å². The first-order valence-corrected chi connectivity index (χ1v) is 9.90. The zero-order valence-electron chi connectivity index (χ0n) is 16.2. The molecule has 29 heavy (non-hydrogen) atoms. The van der Waals surface area contributed by atoms with Crippen LogP contribution >= 0.6 is 0 Å². The molecule has 0 aliphatic carbocycles. The maximum absolute atomic E-state index is 12.7. The number of rotatable bonds is 4. The second-order valence-corrected chi connectivity index (χ2v) is 7.54. The predicted octanol–water partition coefficient (Wildman–Crippen LogP) is 2.12. The SMILES string of the molecule is CCOc1ccc(NC(=O)N2CC3CN(c4ccc5nncn5n4)CC3C2)cc1. The van der Waals surface area contributed by atoms with Gasteiger partial charge in [-0.05, 0) is 43.3 Å². The Morgan fingerprint density at radius 3 is 2.59 bits per heavy atom. The van der Waals surface area contributed by atoms with Crippen LogP contribution in [0.25, 0.3) is 5.65 Å². The monoisotopic (exact) mass is 393 g/mol. The maximum atomic E-state index is 12.7. The van der Waals surface area contributed by atoms with Crippen LogP contribution in [-0.4, -0.2) is 63.5 Å². The molecule has 4 heterocycles. The van der Waals surface area contributed by atoms with E-state index in [1.165, 1.54) is 0 Å². The number of urea groups is 1. The summed E-state index contributed by atoms with van der Waals surface area (Å²) in [4.78, 5) is 16.9. The Labute approximate surface area is 168 Å². The van der Waals surface area contributed by atoms with Crippen LogP contribution in [0.3, 0.4) is 0 Å². The Hall–Kier alpha value is -3.36. The maximum Gasteiger partial charge on any atom is 0.321 e. The quantitative estimate of drug-likeness (QED) is 0.731. The Kier molecular flexibility index (Phi) is 4.42. The number of nitrogens with zero attached hydrogens (tertiary/aromatic N) is 6. The normalized spacial score (nSPS) is 20.9. The van der Waals surface area contributed by atoms with Gasteiger partial charge in [-0.3, -0.25) is 0 Å². The van der Waals surface area contributed by atoms with Gasteiger partial charge in [0.25, 0.3) is 0 Å². The number of anilines is 2. The topological polar surface area (TPSA) is 87.9 Å². The van der Waals surface area contributed by atoms with Crippen molar-refractivity contribution in [2.24, 2.45) is 11.8 Å². The molecule has 9 nitrogen and oxygen atoms in total. The summed E-state index contributed by atoms with van der Waals surface area (Å²) < 4.78 is 7.13. The minimum absolute atomic E-state index is 0.0425. The number of hydrogen-bond donors (Lipinski definition) is 1. The minimum Gasteiger partial charge on any atom is -0.494 e. The van der Waals surface area contributed by atoms with Crippen LogP contribution < -0.4 is 15.0 Å². The molecule has 1 aromatic carbocycles. The van der Waals surface area contributed by atoms with E-state index >= 15 is 0 Å². The van der Waals surface area contributed by atoms with Crippen molar-refractivity contribution in [3.05, 3.63) is 42.7 Å². The van der Waals surface area contributed by atoms with Gasteiger partial charge in [-0.25, -0.2) is 4.79 Å². The summed E-state index contributed by atoms with van der Waals surface area (Å²) >= 11 is 0. The second-order valence-electron chi connectivity index (χ2n) is 7.54. The summed E-state index contributed by atoms with van der Waals surface area (Å²) in [6.45, 7) is 5.90. The number of ether oxygens (including phenoxy) is 1. The molecule has 2 aromatic heterocycles. The van der Waals surface area contributed by atoms with Gasteiger partial charge in [-0.15, -0.1) is 15.3 Å². The predicted molar refractivity (Wildman–Crippen MR) is 108 cm³/mol. The first-order valence-electron chi connectivity index (χ1n) is 9.90. The molecular weight excluding hydrogens is 370 g/mol. The van der Waals surface area contributed by atoms with E-state index in [1.54, 1.807) is 10.8 Å². The molecule has 0 bridgehead atoms. The van der Waals surface area contributed by atoms with E-state index in [2.05, 4.69) is 25.5 Å². The summed E-state index contributed by atoms with van der Waals surface area (Å²) in [6, 6.07) is 11.4. The van der Waals surface area contributed by atoms with E-state index in [4.69, 9.17) is 4.74 Å². The molecular formula is C20H23N7O2. The van der Waals surface area contributed by atoms with Gasteiger partial charge in [0.05, 0.1) is 6.61 Å². The van der Waals surface area contributed by atoms with Gasteiger partial charge in [-0.1, -0.05) is 0 Å². The summed E-state index contributed by atoms with van der Waals surface area (Å²) in [5.41, 5.74) is 1.52. The van der Waals surface area contributed by atoms with Crippen LogP contribution in [0.2, 0.25) is 0 Å². The largest absolute Gasteiger partial charge is 0.494 e. The van der Waals surface area contributed by atoms with Crippen molar-refractivity contribution in [3.8, 4) is 5.75 Å². The van der Waals surface area contributed by atoms with Gasteiger partial charge < -0.3 is 19.9 Å². The molecule has 2 fully saturated rings. The number of carbonyl (C=O) groups is 1. The number of amides is 2. The van der Waals surface area contributed by atoms with Crippen LogP contribution in [0.15, 0.2) is 42.7 Å². The van der Waals surface area contributed by atoms with Crippen molar-refractivity contribution in [3.63, 3.8) is 0 Å². The van der Waals surface area contributed by atoms with Crippen molar-refractivity contribution >= 4 is 23.2 Å². The summed E-state index contributed by atoms with van der Waals surface area (Å²) in [7, 11) is 0. The zero-order valence-corrected chi connectivity index (χ0v) is 16.2. The van der Waals surface area contributed by atoms with Gasteiger partial charge in [0.1, 0.15) is 17.9 Å². The third kappa shape index (κ3) is 3.43. The van der Waals surface area contributed by atoms with E-state index in [0.29, 0.717) is 18.4 Å². The minimum atomic E-state index is -0.0425. The zero-order chi connectivity index (χ0) is 19.8.